The maximum absolute atomic E-state index is 11.4. The van der Waals surface area contributed by atoms with Gasteiger partial charge >= 0.3 is 5.97 Å². The van der Waals surface area contributed by atoms with Crippen LogP contribution in [0.3, 0.4) is 0 Å². The second-order valence-electron chi connectivity index (χ2n) is 5.76. The highest BCUT2D eigenvalue weighted by Gasteiger charge is 2.38. The fourth-order valence-corrected chi connectivity index (χ4v) is 2.29. The lowest BCUT2D eigenvalue weighted by Crippen LogP contribution is -2.46. The third-order valence-corrected chi connectivity index (χ3v) is 4.31. The van der Waals surface area contributed by atoms with Gasteiger partial charge in [0.25, 0.3) is 0 Å². The van der Waals surface area contributed by atoms with Gasteiger partial charge in [-0.15, -0.1) is 0 Å². The summed E-state index contributed by atoms with van der Waals surface area (Å²) >= 11 is 0. The minimum absolute atomic E-state index is 0.463. The molecule has 106 valence electrons. The van der Waals surface area contributed by atoms with Gasteiger partial charge in [-0.2, -0.15) is 0 Å². The lowest BCUT2D eigenvalue weighted by Gasteiger charge is -2.35. The molecule has 0 aromatic rings. The van der Waals surface area contributed by atoms with Crippen LogP contribution in [0, 0.1) is 11.3 Å². The minimum atomic E-state index is -0.699. The number of carbonyl (C=O) groups is 1. The predicted molar refractivity (Wildman–Crippen MR) is 71.7 cm³/mol. The summed E-state index contributed by atoms with van der Waals surface area (Å²) in [5, 5.41) is 9.38. The Kier molecular flexibility index (Phi) is 5.60. The van der Waals surface area contributed by atoms with Crippen molar-refractivity contribution in [1.29, 1.82) is 0 Å². The van der Waals surface area contributed by atoms with Crippen molar-refractivity contribution < 1.29 is 14.6 Å². The van der Waals surface area contributed by atoms with Crippen molar-refractivity contribution in [3.63, 3.8) is 0 Å². The van der Waals surface area contributed by atoms with Gasteiger partial charge < -0.3 is 9.84 Å². The molecule has 0 aromatic carbocycles. The first-order valence-corrected chi connectivity index (χ1v) is 6.91. The maximum atomic E-state index is 11.4. The average molecular weight is 257 g/mol. The fourth-order valence-electron chi connectivity index (χ4n) is 2.29. The highest BCUT2D eigenvalue weighted by Crippen LogP contribution is 2.36. The van der Waals surface area contributed by atoms with Crippen molar-refractivity contribution in [2.75, 3.05) is 26.8 Å². The number of rotatable bonds is 9. The Labute approximate surface area is 110 Å². The van der Waals surface area contributed by atoms with Crippen LogP contribution < -0.4 is 0 Å². The van der Waals surface area contributed by atoms with Gasteiger partial charge in [-0.25, -0.2) is 0 Å². The molecule has 1 aliphatic carbocycles. The monoisotopic (exact) mass is 257 g/mol. The highest BCUT2D eigenvalue weighted by molar-refractivity contribution is 5.74. The van der Waals surface area contributed by atoms with Crippen molar-refractivity contribution >= 4 is 5.97 Å². The molecule has 0 spiro atoms. The van der Waals surface area contributed by atoms with E-state index in [9.17, 15) is 9.90 Å². The number of hydrogen-bond acceptors (Lipinski definition) is 3. The summed E-state index contributed by atoms with van der Waals surface area (Å²) < 4.78 is 5.14. The second-order valence-corrected chi connectivity index (χ2v) is 5.76. The molecule has 1 rings (SSSR count). The third kappa shape index (κ3) is 3.95. The summed E-state index contributed by atoms with van der Waals surface area (Å²) in [6.07, 6.45) is 3.21. The minimum Gasteiger partial charge on any atom is -0.481 e. The predicted octanol–water partition coefficient (Wildman–Crippen LogP) is 2.23. The SMILES string of the molecule is CCC(C)(CN(CCOC)C(C)C1CC1)C(=O)O. The van der Waals surface area contributed by atoms with Gasteiger partial charge in [0.1, 0.15) is 0 Å². The molecule has 2 atom stereocenters. The Hall–Kier alpha value is -0.610. The van der Waals surface area contributed by atoms with Crippen LogP contribution in [0.5, 0.6) is 0 Å². The smallest absolute Gasteiger partial charge is 0.310 e. The van der Waals surface area contributed by atoms with Crippen LogP contribution in [0.4, 0.5) is 0 Å². The van der Waals surface area contributed by atoms with Crippen LogP contribution in [-0.2, 0) is 9.53 Å². The molecule has 1 aliphatic rings. The number of ether oxygens (including phenoxy) is 1. The summed E-state index contributed by atoms with van der Waals surface area (Å²) in [5.74, 6) is 0.0483. The van der Waals surface area contributed by atoms with E-state index in [1.165, 1.54) is 12.8 Å². The molecule has 1 fully saturated rings. The van der Waals surface area contributed by atoms with E-state index in [4.69, 9.17) is 4.74 Å². The summed E-state index contributed by atoms with van der Waals surface area (Å²) in [5.41, 5.74) is -0.656. The van der Waals surface area contributed by atoms with Crippen molar-refractivity contribution in [2.45, 2.75) is 46.1 Å². The molecule has 0 radical (unpaired) electrons. The lowest BCUT2D eigenvalue weighted by atomic mass is 9.86. The van der Waals surface area contributed by atoms with Gasteiger partial charge in [-0.05, 0) is 39.0 Å². The van der Waals surface area contributed by atoms with Crippen LogP contribution in [0.2, 0.25) is 0 Å². The molecule has 2 unspecified atom stereocenters. The first-order valence-electron chi connectivity index (χ1n) is 6.91. The maximum Gasteiger partial charge on any atom is 0.310 e. The van der Waals surface area contributed by atoms with Gasteiger partial charge in [0.15, 0.2) is 0 Å². The fraction of sp³-hybridized carbons (Fsp3) is 0.929. The summed E-state index contributed by atoms with van der Waals surface area (Å²) in [6, 6.07) is 0.463. The molecule has 18 heavy (non-hydrogen) atoms. The Morgan fingerprint density at radius 1 is 1.56 bits per heavy atom. The number of aliphatic carboxylic acids is 1. The summed E-state index contributed by atoms with van der Waals surface area (Å²) in [7, 11) is 1.69. The van der Waals surface area contributed by atoms with E-state index in [-0.39, 0.29) is 0 Å². The van der Waals surface area contributed by atoms with E-state index < -0.39 is 11.4 Å². The molecule has 0 amide bonds. The molecule has 4 nitrogen and oxygen atoms in total. The summed E-state index contributed by atoms with van der Waals surface area (Å²) in [6.45, 7) is 8.10. The molecular formula is C14H27NO3. The van der Waals surface area contributed by atoms with E-state index in [2.05, 4.69) is 11.8 Å². The lowest BCUT2D eigenvalue weighted by molar-refractivity contribution is -0.149. The second kappa shape index (κ2) is 6.53. The number of carboxylic acid groups (broad SMARTS) is 1. The van der Waals surface area contributed by atoms with Gasteiger partial charge in [0.05, 0.1) is 12.0 Å². The van der Waals surface area contributed by atoms with Gasteiger partial charge in [0, 0.05) is 26.2 Å². The van der Waals surface area contributed by atoms with Crippen LogP contribution in [0.15, 0.2) is 0 Å². The van der Waals surface area contributed by atoms with Crippen molar-refractivity contribution in [3.05, 3.63) is 0 Å². The van der Waals surface area contributed by atoms with Crippen LogP contribution >= 0.6 is 0 Å². The van der Waals surface area contributed by atoms with E-state index >= 15 is 0 Å². The Balaban J connectivity index is 2.66. The molecule has 0 heterocycles. The van der Waals surface area contributed by atoms with E-state index in [1.807, 2.05) is 13.8 Å². The zero-order valence-corrected chi connectivity index (χ0v) is 12.1. The van der Waals surface area contributed by atoms with Crippen molar-refractivity contribution in [2.24, 2.45) is 11.3 Å². The summed E-state index contributed by atoms with van der Waals surface area (Å²) in [4.78, 5) is 13.7. The number of nitrogens with zero attached hydrogens (tertiary/aromatic N) is 1. The Bertz CT molecular complexity index is 278. The van der Waals surface area contributed by atoms with E-state index in [1.54, 1.807) is 7.11 Å². The number of carboxylic acids is 1. The largest absolute Gasteiger partial charge is 0.481 e. The van der Waals surface area contributed by atoms with Gasteiger partial charge in [0.2, 0.25) is 0 Å². The number of methoxy groups -OCH3 is 1. The molecule has 0 bridgehead atoms. The zero-order valence-electron chi connectivity index (χ0n) is 12.1. The first-order chi connectivity index (χ1) is 8.44. The highest BCUT2D eigenvalue weighted by atomic mass is 16.5. The van der Waals surface area contributed by atoms with Gasteiger partial charge in [-0.3, -0.25) is 9.69 Å². The molecule has 0 aromatic heterocycles. The van der Waals surface area contributed by atoms with Crippen LogP contribution in [-0.4, -0.2) is 48.8 Å². The van der Waals surface area contributed by atoms with Gasteiger partial charge in [-0.1, -0.05) is 6.92 Å². The zero-order chi connectivity index (χ0) is 13.8. The van der Waals surface area contributed by atoms with Crippen molar-refractivity contribution in [3.8, 4) is 0 Å². The Morgan fingerprint density at radius 3 is 2.56 bits per heavy atom. The molecular weight excluding hydrogens is 230 g/mol. The van der Waals surface area contributed by atoms with Crippen molar-refractivity contribution in [1.82, 2.24) is 4.90 Å². The molecule has 0 saturated heterocycles. The normalized spacial score (nSPS) is 20.7. The number of hydrogen-bond donors (Lipinski definition) is 1. The van der Waals surface area contributed by atoms with E-state index in [0.29, 0.717) is 25.6 Å². The standard InChI is InChI=1S/C14H27NO3/c1-5-14(3,13(16)17)10-15(8-9-18-4)11(2)12-6-7-12/h11-12H,5-10H2,1-4H3,(H,16,17). The molecule has 1 saturated carbocycles. The average Bonchev–Trinajstić information content (AvgIpc) is 3.17. The van der Waals surface area contributed by atoms with Crippen LogP contribution in [0.1, 0.15) is 40.0 Å². The third-order valence-electron chi connectivity index (χ3n) is 4.31. The first kappa shape index (κ1) is 15.4. The Morgan fingerprint density at radius 2 is 2.17 bits per heavy atom. The quantitative estimate of drug-likeness (QED) is 0.688. The molecule has 4 heteroatoms. The van der Waals surface area contributed by atoms with Crippen LogP contribution in [0.25, 0.3) is 0 Å². The topological polar surface area (TPSA) is 49.8 Å². The van der Waals surface area contributed by atoms with E-state index in [0.717, 1.165) is 12.5 Å². The molecule has 0 aliphatic heterocycles. The molecule has 1 N–H and O–H groups in total.